The molecule has 4 aromatic rings. The summed E-state index contributed by atoms with van der Waals surface area (Å²) < 4.78 is 15.3. The molecule has 0 aliphatic carbocycles. The van der Waals surface area contributed by atoms with E-state index in [-0.39, 0.29) is 5.43 Å². The summed E-state index contributed by atoms with van der Waals surface area (Å²) in [5, 5.41) is 10.4. The third-order valence-electron chi connectivity index (χ3n) is 5.70. The first-order valence-corrected chi connectivity index (χ1v) is 11.5. The number of benzene rings is 2. The third kappa shape index (κ3) is 3.33. The first kappa shape index (κ1) is 20.6. The van der Waals surface area contributed by atoms with Crippen LogP contribution < -0.4 is 10.2 Å². The van der Waals surface area contributed by atoms with Gasteiger partial charge >= 0.3 is 0 Å². The van der Waals surface area contributed by atoms with Gasteiger partial charge < -0.3 is 4.98 Å². The largest absolute Gasteiger partial charge is 0.346 e. The molecule has 1 aliphatic rings. The second-order valence-electron chi connectivity index (χ2n) is 7.57. The number of nitrogens with one attached hydrogen (secondary N) is 2. The van der Waals surface area contributed by atoms with Crippen molar-refractivity contribution >= 4 is 33.6 Å². The van der Waals surface area contributed by atoms with E-state index in [1.54, 1.807) is 18.3 Å². The van der Waals surface area contributed by atoms with Crippen molar-refractivity contribution in [2.24, 2.45) is 0 Å². The summed E-state index contributed by atoms with van der Waals surface area (Å²) >= 11 is 6.55. The number of aromatic nitrogens is 2. The van der Waals surface area contributed by atoms with Crippen molar-refractivity contribution in [3.8, 4) is 28.5 Å². The highest BCUT2D eigenvalue weighted by atomic mass is 35.5. The molecular formula is C24H17ClN4O2S. The molecule has 0 radical (unpaired) electrons. The molecule has 0 bridgehead atoms. The van der Waals surface area contributed by atoms with Gasteiger partial charge in [-0.1, -0.05) is 23.7 Å². The quantitative estimate of drug-likeness (QED) is 0.467. The zero-order valence-corrected chi connectivity index (χ0v) is 18.6. The Morgan fingerprint density at radius 3 is 2.84 bits per heavy atom. The predicted octanol–water partition coefficient (Wildman–Crippen LogP) is 4.26. The zero-order chi connectivity index (χ0) is 22.4. The number of fused-ring (bicyclic) bond motifs is 2. The highest BCUT2D eigenvalue weighted by Crippen LogP contribution is 2.38. The van der Waals surface area contributed by atoms with Gasteiger partial charge in [-0.15, -0.1) is 0 Å². The summed E-state index contributed by atoms with van der Waals surface area (Å²) in [4.78, 5) is 21.0. The van der Waals surface area contributed by atoms with Crippen molar-refractivity contribution in [1.82, 2.24) is 14.7 Å². The van der Waals surface area contributed by atoms with Gasteiger partial charge in [0.2, 0.25) is 0 Å². The molecule has 8 heteroatoms. The van der Waals surface area contributed by atoms with Gasteiger partial charge in [-0.3, -0.25) is 4.79 Å². The first-order chi connectivity index (χ1) is 15.5. The molecule has 3 heterocycles. The maximum atomic E-state index is 12.5. The SMILES string of the molecule is Cc1c(C#N)cccc1-c1nc2[nH]ccc(=O)c2cc1-c1cc(Cl)c2c(c1)CCNS2=O. The summed E-state index contributed by atoms with van der Waals surface area (Å²) in [6.07, 6.45) is 2.26. The summed E-state index contributed by atoms with van der Waals surface area (Å²) in [7, 11) is -1.36. The van der Waals surface area contributed by atoms with Crippen molar-refractivity contribution in [2.75, 3.05) is 6.54 Å². The van der Waals surface area contributed by atoms with Crippen LogP contribution in [0, 0.1) is 18.3 Å². The van der Waals surface area contributed by atoms with E-state index in [0.717, 1.165) is 27.8 Å². The second-order valence-corrected chi connectivity index (χ2v) is 9.21. The fraction of sp³-hybridized carbons (Fsp3) is 0.125. The zero-order valence-electron chi connectivity index (χ0n) is 17.0. The lowest BCUT2D eigenvalue weighted by Crippen LogP contribution is -2.26. The lowest BCUT2D eigenvalue weighted by Gasteiger charge is -2.20. The number of nitrogens with zero attached hydrogens (tertiary/aromatic N) is 2. The van der Waals surface area contributed by atoms with Gasteiger partial charge in [-0.2, -0.15) is 5.26 Å². The van der Waals surface area contributed by atoms with Gasteiger partial charge in [0.05, 0.1) is 32.6 Å². The number of hydrogen-bond acceptors (Lipinski definition) is 4. The van der Waals surface area contributed by atoms with Gasteiger partial charge in [0.1, 0.15) is 16.6 Å². The van der Waals surface area contributed by atoms with Gasteiger partial charge in [-0.25, -0.2) is 13.9 Å². The van der Waals surface area contributed by atoms with Crippen molar-refractivity contribution in [3.63, 3.8) is 0 Å². The Morgan fingerprint density at radius 2 is 2.03 bits per heavy atom. The third-order valence-corrected chi connectivity index (χ3v) is 7.43. The standard InChI is InChI=1S/C24H17ClN4O2S/c1-13-15(12-26)3-2-4-17(13)22-18(11-19-21(30)6-7-27-24(19)29-22)16-9-14-5-8-28-32(31)23(14)20(25)10-16/h2-4,6-7,9-11,28H,5,8H2,1H3,(H,27,29,30). The van der Waals surface area contributed by atoms with Crippen LogP contribution in [0.3, 0.4) is 0 Å². The smallest absolute Gasteiger partial charge is 0.191 e. The van der Waals surface area contributed by atoms with Crippen molar-refractivity contribution < 1.29 is 4.21 Å². The topological polar surface area (TPSA) is 98.6 Å². The number of rotatable bonds is 2. The number of aromatic amines is 1. The summed E-state index contributed by atoms with van der Waals surface area (Å²) in [6, 6.07) is 14.7. The van der Waals surface area contributed by atoms with Crippen LogP contribution in [0.25, 0.3) is 33.4 Å². The Hall–Kier alpha value is -3.31. The van der Waals surface area contributed by atoms with Crippen LogP contribution in [0.4, 0.5) is 0 Å². The van der Waals surface area contributed by atoms with Gasteiger partial charge in [0, 0.05) is 29.9 Å². The van der Waals surface area contributed by atoms with Crippen LogP contribution in [0.5, 0.6) is 0 Å². The van der Waals surface area contributed by atoms with E-state index in [1.807, 2.05) is 31.2 Å². The highest BCUT2D eigenvalue weighted by Gasteiger charge is 2.22. The molecule has 0 saturated heterocycles. The molecular weight excluding hydrogens is 444 g/mol. The number of halogens is 1. The van der Waals surface area contributed by atoms with E-state index >= 15 is 0 Å². The molecule has 32 heavy (non-hydrogen) atoms. The van der Waals surface area contributed by atoms with Crippen LogP contribution in [0.2, 0.25) is 5.02 Å². The summed E-state index contributed by atoms with van der Waals surface area (Å²) in [5.41, 5.74) is 5.52. The molecule has 2 aromatic carbocycles. The number of nitriles is 1. The maximum Gasteiger partial charge on any atom is 0.191 e. The van der Waals surface area contributed by atoms with Gasteiger partial charge in [0.15, 0.2) is 5.43 Å². The monoisotopic (exact) mass is 460 g/mol. The molecule has 0 saturated carbocycles. The normalized spacial score (nSPS) is 15.3. The van der Waals surface area contributed by atoms with E-state index in [2.05, 4.69) is 15.8 Å². The molecule has 0 spiro atoms. The minimum absolute atomic E-state index is 0.143. The maximum absolute atomic E-state index is 12.5. The lowest BCUT2D eigenvalue weighted by molar-refractivity contribution is 0.663. The predicted molar refractivity (Wildman–Crippen MR) is 126 cm³/mol. The first-order valence-electron chi connectivity index (χ1n) is 9.98. The molecule has 2 aromatic heterocycles. The lowest BCUT2D eigenvalue weighted by atomic mass is 9.92. The molecule has 5 rings (SSSR count). The van der Waals surface area contributed by atoms with Crippen LogP contribution in [-0.2, 0) is 17.4 Å². The average Bonchev–Trinajstić information content (AvgIpc) is 2.78. The Bertz CT molecular complexity index is 1540. The molecule has 0 amide bonds. The minimum Gasteiger partial charge on any atom is -0.346 e. The Morgan fingerprint density at radius 1 is 1.19 bits per heavy atom. The molecule has 2 N–H and O–H groups in total. The van der Waals surface area contributed by atoms with E-state index in [1.165, 1.54) is 6.07 Å². The average molecular weight is 461 g/mol. The van der Waals surface area contributed by atoms with E-state index in [4.69, 9.17) is 16.6 Å². The summed E-state index contributed by atoms with van der Waals surface area (Å²) in [6.45, 7) is 2.47. The van der Waals surface area contributed by atoms with E-state index in [0.29, 0.717) is 45.2 Å². The Labute approximate surface area is 191 Å². The van der Waals surface area contributed by atoms with Crippen molar-refractivity contribution in [1.29, 1.82) is 5.26 Å². The fourth-order valence-electron chi connectivity index (χ4n) is 4.09. The van der Waals surface area contributed by atoms with Crippen molar-refractivity contribution in [2.45, 2.75) is 18.2 Å². The summed E-state index contributed by atoms with van der Waals surface area (Å²) in [5.74, 6) is 0. The minimum atomic E-state index is -1.36. The van der Waals surface area contributed by atoms with Crippen molar-refractivity contribution in [3.05, 3.63) is 80.6 Å². The molecule has 1 aliphatic heterocycles. The fourth-order valence-corrected chi connectivity index (χ4v) is 5.60. The van der Waals surface area contributed by atoms with Crippen LogP contribution >= 0.6 is 11.6 Å². The van der Waals surface area contributed by atoms with Crippen LogP contribution in [-0.4, -0.2) is 20.7 Å². The van der Waals surface area contributed by atoms with Crippen LogP contribution in [0.15, 0.2) is 58.4 Å². The molecule has 0 fully saturated rings. The number of hydrogen-bond donors (Lipinski definition) is 2. The second kappa shape index (κ2) is 7.99. The molecule has 1 atom stereocenters. The number of H-pyrrole nitrogens is 1. The van der Waals surface area contributed by atoms with Crippen LogP contribution in [0.1, 0.15) is 16.7 Å². The molecule has 158 valence electrons. The Kier molecular flexibility index (Phi) is 5.14. The number of pyridine rings is 2. The Balaban J connectivity index is 1.86. The molecule has 1 unspecified atom stereocenters. The highest BCUT2D eigenvalue weighted by molar-refractivity contribution is 7.83. The molecule has 6 nitrogen and oxygen atoms in total. The van der Waals surface area contributed by atoms with Gasteiger partial charge in [0.25, 0.3) is 0 Å². The van der Waals surface area contributed by atoms with E-state index < -0.39 is 11.0 Å². The van der Waals surface area contributed by atoms with E-state index in [9.17, 15) is 14.3 Å². The van der Waals surface area contributed by atoms with Gasteiger partial charge in [-0.05, 0) is 54.3 Å².